The van der Waals surface area contributed by atoms with Crippen LogP contribution < -0.4 is 4.74 Å². The minimum absolute atomic E-state index is 0.0102. The molecular formula is C20H16N2O5S. The second-order valence-corrected chi connectivity index (χ2v) is 6.72. The number of carbonyl (C=O) groups excluding carboxylic acids is 2. The summed E-state index contributed by atoms with van der Waals surface area (Å²) in [6.07, 6.45) is 4.90. The van der Waals surface area contributed by atoms with Gasteiger partial charge < -0.3 is 4.74 Å². The van der Waals surface area contributed by atoms with Crippen LogP contribution in [-0.2, 0) is 4.79 Å². The summed E-state index contributed by atoms with van der Waals surface area (Å²) in [6, 6.07) is 15.2. The van der Waals surface area contributed by atoms with Crippen LogP contribution in [0.2, 0.25) is 0 Å². The number of thioether (sulfide) groups is 1. The molecule has 142 valence electrons. The van der Waals surface area contributed by atoms with Gasteiger partial charge in [0.05, 0.1) is 16.4 Å². The number of amides is 2. The van der Waals surface area contributed by atoms with Gasteiger partial charge in [-0.2, -0.15) is 0 Å². The number of hydrogen-bond donors (Lipinski definition) is 0. The fourth-order valence-corrected chi connectivity index (χ4v) is 3.25. The van der Waals surface area contributed by atoms with Gasteiger partial charge in [0.2, 0.25) is 0 Å². The Labute approximate surface area is 165 Å². The summed E-state index contributed by atoms with van der Waals surface area (Å²) >= 11 is 0.872. The first kappa shape index (κ1) is 19.4. The van der Waals surface area contributed by atoms with Crippen molar-refractivity contribution in [3.63, 3.8) is 0 Å². The Hall–Kier alpha value is -3.39. The Balaban J connectivity index is 1.56. The topological polar surface area (TPSA) is 89.8 Å². The average molecular weight is 396 g/mol. The molecule has 2 aromatic carbocycles. The van der Waals surface area contributed by atoms with Crippen molar-refractivity contribution in [3.8, 4) is 5.75 Å². The molecule has 0 radical (unpaired) electrons. The first-order valence-corrected chi connectivity index (χ1v) is 9.20. The summed E-state index contributed by atoms with van der Waals surface area (Å²) in [5.74, 6) is 0.316. The maximum atomic E-state index is 12.4. The van der Waals surface area contributed by atoms with Crippen LogP contribution in [0.3, 0.4) is 0 Å². The lowest BCUT2D eigenvalue weighted by atomic mass is 10.2. The number of para-hydroxylation sites is 1. The molecule has 0 unspecified atom stereocenters. The number of allylic oxidation sites excluding steroid dienone is 2. The molecule has 0 bridgehead atoms. The van der Waals surface area contributed by atoms with Crippen molar-refractivity contribution in [2.75, 3.05) is 13.2 Å². The Morgan fingerprint density at radius 1 is 1.07 bits per heavy atom. The van der Waals surface area contributed by atoms with Crippen LogP contribution in [0.1, 0.15) is 5.56 Å². The molecule has 0 saturated carbocycles. The number of ether oxygens (including phenoxy) is 1. The van der Waals surface area contributed by atoms with Gasteiger partial charge in [-0.3, -0.25) is 24.6 Å². The standard InChI is InChI=1S/C20H16N2O5S/c23-19-18(8-4-5-15-9-11-16(12-10-15)22(25)26)28-20(24)21(19)13-14-27-17-6-2-1-3-7-17/h1-12H,13-14H2/b5-4+,18-8-. The molecule has 7 nitrogen and oxygen atoms in total. The normalized spacial score (nSPS) is 15.6. The number of nitro groups is 1. The molecule has 2 aromatic rings. The molecule has 2 amide bonds. The Morgan fingerprint density at radius 3 is 2.46 bits per heavy atom. The number of non-ortho nitro benzene ring substituents is 1. The number of imide groups is 1. The molecule has 8 heteroatoms. The van der Waals surface area contributed by atoms with E-state index in [0.29, 0.717) is 10.7 Å². The van der Waals surface area contributed by atoms with Gasteiger partial charge in [0.25, 0.3) is 16.8 Å². The first-order chi connectivity index (χ1) is 13.5. The van der Waals surface area contributed by atoms with E-state index in [1.54, 1.807) is 42.5 Å². The van der Waals surface area contributed by atoms with Crippen molar-refractivity contribution in [1.29, 1.82) is 0 Å². The lowest BCUT2D eigenvalue weighted by molar-refractivity contribution is -0.384. The van der Waals surface area contributed by atoms with Gasteiger partial charge in [-0.1, -0.05) is 30.4 Å². The molecule has 3 rings (SSSR count). The molecular weight excluding hydrogens is 380 g/mol. The average Bonchev–Trinajstić information content (AvgIpc) is 2.97. The summed E-state index contributed by atoms with van der Waals surface area (Å²) < 4.78 is 5.53. The Kier molecular flexibility index (Phi) is 6.23. The lowest BCUT2D eigenvalue weighted by Crippen LogP contribution is -2.32. The van der Waals surface area contributed by atoms with E-state index in [-0.39, 0.29) is 30.0 Å². The van der Waals surface area contributed by atoms with E-state index in [1.807, 2.05) is 18.2 Å². The third kappa shape index (κ3) is 4.86. The molecule has 0 atom stereocenters. The fraction of sp³-hybridized carbons (Fsp3) is 0.100. The zero-order valence-corrected chi connectivity index (χ0v) is 15.5. The van der Waals surface area contributed by atoms with Gasteiger partial charge in [-0.25, -0.2) is 0 Å². The van der Waals surface area contributed by atoms with E-state index in [2.05, 4.69) is 0 Å². The molecule has 0 spiro atoms. The molecule has 0 aliphatic carbocycles. The Bertz CT molecular complexity index is 939. The first-order valence-electron chi connectivity index (χ1n) is 8.39. The molecule has 0 aromatic heterocycles. The number of carbonyl (C=O) groups is 2. The van der Waals surface area contributed by atoms with E-state index < -0.39 is 4.92 Å². The molecule has 1 saturated heterocycles. The maximum absolute atomic E-state index is 12.4. The predicted molar refractivity (Wildman–Crippen MR) is 107 cm³/mol. The third-order valence-corrected chi connectivity index (χ3v) is 4.77. The second kappa shape index (κ2) is 9.01. The van der Waals surface area contributed by atoms with Gasteiger partial charge in [-0.15, -0.1) is 0 Å². The summed E-state index contributed by atoms with van der Waals surface area (Å²) in [5.41, 5.74) is 0.758. The number of benzene rings is 2. The second-order valence-electron chi connectivity index (χ2n) is 5.72. The van der Waals surface area contributed by atoms with Crippen molar-refractivity contribution in [1.82, 2.24) is 4.90 Å². The number of nitro benzene ring substituents is 1. The smallest absolute Gasteiger partial charge is 0.293 e. The number of hydrogen-bond acceptors (Lipinski definition) is 6. The van der Waals surface area contributed by atoms with E-state index in [1.165, 1.54) is 12.1 Å². The minimum Gasteiger partial charge on any atom is -0.492 e. The lowest BCUT2D eigenvalue weighted by Gasteiger charge is -2.13. The molecule has 1 fully saturated rings. The quantitative estimate of drug-likeness (QED) is 0.394. The zero-order chi connectivity index (χ0) is 19.9. The molecule has 0 N–H and O–H groups in total. The van der Waals surface area contributed by atoms with Crippen molar-refractivity contribution >= 4 is 34.7 Å². The van der Waals surface area contributed by atoms with Crippen LogP contribution in [0, 0.1) is 10.1 Å². The van der Waals surface area contributed by atoms with Crippen molar-refractivity contribution in [3.05, 3.63) is 87.3 Å². The third-order valence-electron chi connectivity index (χ3n) is 3.84. The maximum Gasteiger partial charge on any atom is 0.293 e. The van der Waals surface area contributed by atoms with Gasteiger partial charge in [0, 0.05) is 12.1 Å². The minimum atomic E-state index is -0.467. The number of rotatable bonds is 7. The summed E-state index contributed by atoms with van der Waals surface area (Å²) in [4.78, 5) is 36.1. The molecule has 1 aliphatic rings. The van der Waals surface area contributed by atoms with Crippen LogP contribution in [0.15, 0.2) is 71.7 Å². The molecule has 1 aliphatic heterocycles. The molecule has 28 heavy (non-hydrogen) atoms. The van der Waals surface area contributed by atoms with Crippen LogP contribution >= 0.6 is 11.8 Å². The van der Waals surface area contributed by atoms with Crippen molar-refractivity contribution in [2.45, 2.75) is 0 Å². The zero-order valence-electron chi connectivity index (χ0n) is 14.7. The van der Waals surface area contributed by atoms with Crippen LogP contribution in [0.25, 0.3) is 6.08 Å². The largest absolute Gasteiger partial charge is 0.492 e. The van der Waals surface area contributed by atoms with Gasteiger partial charge >= 0.3 is 0 Å². The van der Waals surface area contributed by atoms with Gasteiger partial charge in [0.1, 0.15) is 12.4 Å². The number of nitrogens with zero attached hydrogens (tertiary/aromatic N) is 2. The van der Waals surface area contributed by atoms with E-state index >= 15 is 0 Å². The van der Waals surface area contributed by atoms with Gasteiger partial charge in [0.15, 0.2) is 0 Å². The highest BCUT2D eigenvalue weighted by Crippen LogP contribution is 2.30. The highest BCUT2D eigenvalue weighted by molar-refractivity contribution is 8.18. The monoisotopic (exact) mass is 396 g/mol. The van der Waals surface area contributed by atoms with Crippen LogP contribution in [0.4, 0.5) is 10.5 Å². The summed E-state index contributed by atoms with van der Waals surface area (Å²) in [5, 5.41) is 10.3. The predicted octanol–water partition coefficient (Wildman–Crippen LogP) is 4.27. The van der Waals surface area contributed by atoms with E-state index in [9.17, 15) is 19.7 Å². The summed E-state index contributed by atoms with van der Waals surface area (Å²) in [6.45, 7) is 0.386. The van der Waals surface area contributed by atoms with E-state index in [0.717, 1.165) is 22.2 Å². The van der Waals surface area contributed by atoms with Crippen LogP contribution in [-0.4, -0.2) is 34.1 Å². The summed E-state index contributed by atoms with van der Waals surface area (Å²) in [7, 11) is 0. The fourth-order valence-electron chi connectivity index (χ4n) is 2.43. The van der Waals surface area contributed by atoms with Crippen LogP contribution in [0.5, 0.6) is 5.75 Å². The van der Waals surface area contributed by atoms with E-state index in [4.69, 9.17) is 4.74 Å². The van der Waals surface area contributed by atoms with Crippen molar-refractivity contribution < 1.29 is 19.2 Å². The van der Waals surface area contributed by atoms with Crippen molar-refractivity contribution in [2.24, 2.45) is 0 Å². The molecule has 1 heterocycles. The Morgan fingerprint density at radius 2 is 1.79 bits per heavy atom. The highest BCUT2D eigenvalue weighted by atomic mass is 32.2. The SMILES string of the molecule is O=C1S/C(=C\C=C\c2ccc([N+](=O)[O-])cc2)C(=O)N1CCOc1ccccc1. The highest BCUT2D eigenvalue weighted by Gasteiger charge is 2.34. The van der Waals surface area contributed by atoms with Gasteiger partial charge in [-0.05, 0) is 47.7 Å².